The summed E-state index contributed by atoms with van der Waals surface area (Å²) >= 11 is 0. The highest BCUT2D eigenvalue weighted by Crippen LogP contribution is 2.20. The van der Waals surface area contributed by atoms with Gasteiger partial charge in [0.1, 0.15) is 0 Å². The van der Waals surface area contributed by atoms with E-state index >= 15 is 0 Å². The molecule has 25 heavy (non-hydrogen) atoms. The van der Waals surface area contributed by atoms with Crippen molar-refractivity contribution in [3.8, 4) is 0 Å². The van der Waals surface area contributed by atoms with Crippen LogP contribution in [0.2, 0.25) is 0 Å². The number of hydrogen-bond acceptors (Lipinski definition) is 4. The third-order valence-corrected chi connectivity index (χ3v) is 4.24. The first-order chi connectivity index (χ1) is 12.0. The number of benzene rings is 1. The summed E-state index contributed by atoms with van der Waals surface area (Å²) in [6, 6.07) is 9.83. The van der Waals surface area contributed by atoms with E-state index in [2.05, 4.69) is 5.32 Å². The average Bonchev–Trinajstić information content (AvgIpc) is 3.16. The van der Waals surface area contributed by atoms with Gasteiger partial charge in [-0.15, -0.1) is 0 Å². The molecule has 1 aliphatic heterocycles. The number of hydrogen-bond donors (Lipinski definition) is 2. The van der Waals surface area contributed by atoms with Gasteiger partial charge in [0.05, 0.1) is 12.2 Å². The maximum Gasteiger partial charge on any atom is 0.306 e. The second kappa shape index (κ2) is 7.21. The summed E-state index contributed by atoms with van der Waals surface area (Å²) in [7, 11) is 0. The highest BCUT2D eigenvalue weighted by molar-refractivity contribution is 6.03. The third kappa shape index (κ3) is 3.88. The molecule has 2 aromatic rings. The molecule has 0 spiro atoms. The summed E-state index contributed by atoms with van der Waals surface area (Å²) in [6.07, 6.45) is 2.32. The van der Waals surface area contributed by atoms with E-state index in [9.17, 15) is 14.4 Å². The second-order valence-electron chi connectivity index (χ2n) is 5.92. The molecule has 0 saturated carbocycles. The van der Waals surface area contributed by atoms with Crippen LogP contribution in [0.5, 0.6) is 0 Å². The minimum atomic E-state index is -0.810. The van der Waals surface area contributed by atoms with Gasteiger partial charge in [-0.3, -0.25) is 14.4 Å². The Hall–Kier alpha value is -3.09. The van der Waals surface area contributed by atoms with Crippen LogP contribution in [0.4, 0.5) is 5.69 Å². The maximum absolute atomic E-state index is 12.6. The van der Waals surface area contributed by atoms with Crippen molar-refractivity contribution >= 4 is 23.5 Å². The van der Waals surface area contributed by atoms with Crippen LogP contribution >= 0.6 is 0 Å². The zero-order chi connectivity index (χ0) is 17.8. The number of carboxylic acids is 1. The normalized spacial score (nSPS) is 15.0. The smallest absolute Gasteiger partial charge is 0.306 e. The predicted molar refractivity (Wildman–Crippen MR) is 89.4 cm³/mol. The first-order valence-electron chi connectivity index (χ1n) is 8.01. The number of rotatable bonds is 4. The van der Waals surface area contributed by atoms with Gasteiger partial charge in [-0.25, -0.2) is 0 Å². The molecule has 0 unspecified atom stereocenters. The number of nitrogens with zero attached hydrogens (tertiary/aromatic N) is 1. The van der Waals surface area contributed by atoms with Crippen LogP contribution in [-0.4, -0.2) is 40.9 Å². The van der Waals surface area contributed by atoms with Crippen LogP contribution in [-0.2, 0) is 4.79 Å². The molecule has 2 heterocycles. The minimum Gasteiger partial charge on any atom is -0.481 e. The topological polar surface area (TPSA) is 99.9 Å². The summed E-state index contributed by atoms with van der Waals surface area (Å²) in [5.74, 6) is -1.57. The Morgan fingerprint density at radius 2 is 1.88 bits per heavy atom. The van der Waals surface area contributed by atoms with Crippen LogP contribution in [0.3, 0.4) is 0 Å². The summed E-state index contributed by atoms with van der Waals surface area (Å²) < 4.78 is 5.03. The number of aliphatic carboxylic acids is 1. The molecule has 2 N–H and O–H groups in total. The molecule has 0 aliphatic carbocycles. The van der Waals surface area contributed by atoms with Crippen molar-refractivity contribution in [3.63, 3.8) is 0 Å². The van der Waals surface area contributed by atoms with Crippen molar-refractivity contribution in [3.05, 3.63) is 54.0 Å². The monoisotopic (exact) mass is 342 g/mol. The molecule has 3 rings (SSSR count). The van der Waals surface area contributed by atoms with Crippen LogP contribution in [0.1, 0.15) is 33.8 Å². The largest absolute Gasteiger partial charge is 0.481 e. The molecular weight excluding hydrogens is 324 g/mol. The Morgan fingerprint density at radius 1 is 1.12 bits per heavy atom. The molecule has 1 aromatic heterocycles. The molecule has 130 valence electrons. The SMILES string of the molecule is O=C(Nc1cccc(C(=O)N2CCC(C(=O)O)CC2)c1)c1ccco1. The third-order valence-electron chi connectivity index (χ3n) is 4.24. The molecule has 7 nitrogen and oxygen atoms in total. The summed E-state index contributed by atoms with van der Waals surface area (Å²) in [4.78, 5) is 37.2. The Labute approximate surface area is 144 Å². The van der Waals surface area contributed by atoms with Crippen LogP contribution in [0.15, 0.2) is 47.1 Å². The van der Waals surface area contributed by atoms with Gasteiger partial charge < -0.3 is 19.7 Å². The zero-order valence-corrected chi connectivity index (χ0v) is 13.5. The first-order valence-corrected chi connectivity index (χ1v) is 8.01. The lowest BCUT2D eigenvalue weighted by Gasteiger charge is -2.30. The van der Waals surface area contributed by atoms with Gasteiger partial charge in [0.25, 0.3) is 11.8 Å². The minimum absolute atomic E-state index is 0.169. The van der Waals surface area contributed by atoms with E-state index in [1.807, 2.05) is 0 Å². The van der Waals surface area contributed by atoms with Crippen molar-refractivity contribution in [1.29, 1.82) is 0 Å². The number of carboxylic acid groups (broad SMARTS) is 1. The molecule has 1 saturated heterocycles. The number of furan rings is 1. The fraction of sp³-hybridized carbons (Fsp3) is 0.278. The molecule has 1 fully saturated rings. The van der Waals surface area contributed by atoms with E-state index in [0.29, 0.717) is 37.2 Å². The number of likely N-dealkylation sites (tertiary alicyclic amines) is 1. The summed E-state index contributed by atoms with van der Waals surface area (Å²) in [5, 5.41) is 11.7. The van der Waals surface area contributed by atoms with Crippen molar-refractivity contribution in [2.75, 3.05) is 18.4 Å². The van der Waals surface area contributed by atoms with Crippen molar-refractivity contribution in [2.45, 2.75) is 12.8 Å². The molecular formula is C18H18N2O5. The molecule has 0 radical (unpaired) electrons. The van der Waals surface area contributed by atoms with Crippen LogP contribution < -0.4 is 5.32 Å². The van der Waals surface area contributed by atoms with Crippen molar-refractivity contribution in [2.24, 2.45) is 5.92 Å². The predicted octanol–water partition coefficient (Wildman–Crippen LogP) is 2.47. The molecule has 2 amide bonds. The second-order valence-corrected chi connectivity index (χ2v) is 5.92. The van der Waals surface area contributed by atoms with Gasteiger partial charge >= 0.3 is 5.97 Å². The van der Waals surface area contributed by atoms with E-state index < -0.39 is 11.9 Å². The maximum atomic E-state index is 12.6. The fourth-order valence-electron chi connectivity index (χ4n) is 2.84. The lowest BCUT2D eigenvalue weighted by atomic mass is 9.96. The van der Waals surface area contributed by atoms with E-state index in [0.717, 1.165) is 0 Å². The zero-order valence-electron chi connectivity index (χ0n) is 13.5. The first kappa shape index (κ1) is 16.8. The van der Waals surface area contributed by atoms with Gasteiger partial charge in [-0.2, -0.15) is 0 Å². The van der Waals surface area contributed by atoms with E-state index in [1.165, 1.54) is 6.26 Å². The average molecular weight is 342 g/mol. The Balaban J connectivity index is 1.66. The lowest BCUT2D eigenvalue weighted by molar-refractivity contribution is -0.143. The quantitative estimate of drug-likeness (QED) is 0.889. The van der Waals surface area contributed by atoms with Gasteiger partial charge in [0, 0.05) is 24.3 Å². The van der Waals surface area contributed by atoms with Gasteiger partial charge in [-0.1, -0.05) is 6.07 Å². The van der Waals surface area contributed by atoms with Crippen molar-refractivity contribution in [1.82, 2.24) is 4.90 Å². The molecule has 1 aliphatic rings. The van der Waals surface area contributed by atoms with Gasteiger partial charge in [0.15, 0.2) is 5.76 Å². The Kier molecular flexibility index (Phi) is 4.83. The molecule has 7 heteroatoms. The fourth-order valence-corrected chi connectivity index (χ4v) is 2.84. The molecule has 0 bridgehead atoms. The van der Waals surface area contributed by atoms with Gasteiger partial charge in [-0.05, 0) is 43.2 Å². The number of amides is 2. The molecule has 0 atom stereocenters. The van der Waals surface area contributed by atoms with E-state index in [4.69, 9.17) is 9.52 Å². The Morgan fingerprint density at radius 3 is 2.52 bits per heavy atom. The standard InChI is InChI=1S/C18H18N2O5/c21-16(15-5-2-10-25-15)19-14-4-1-3-13(11-14)17(22)20-8-6-12(7-9-20)18(23)24/h1-5,10-12H,6-9H2,(H,19,21)(H,23,24). The van der Waals surface area contributed by atoms with Crippen molar-refractivity contribution < 1.29 is 23.9 Å². The Bertz CT molecular complexity index is 777. The molecule has 1 aromatic carbocycles. The number of carbonyl (C=O) groups excluding carboxylic acids is 2. The lowest BCUT2D eigenvalue weighted by Crippen LogP contribution is -2.40. The number of piperidine rings is 1. The van der Waals surface area contributed by atoms with E-state index in [-0.39, 0.29) is 17.6 Å². The van der Waals surface area contributed by atoms with E-state index in [1.54, 1.807) is 41.3 Å². The summed E-state index contributed by atoms with van der Waals surface area (Å²) in [6.45, 7) is 0.831. The number of carbonyl (C=O) groups is 3. The van der Waals surface area contributed by atoms with Crippen LogP contribution in [0, 0.1) is 5.92 Å². The highest BCUT2D eigenvalue weighted by atomic mass is 16.4. The number of anilines is 1. The number of nitrogens with one attached hydrogen (secondary N) is 1. The van der Waals surface area contributed by atoms with Crippen LogP contribution in [0.25, 0.3) is 0 Å². The van der Waals surface area contributed by atoms with Gasteiger partial charge in [0.2, 0.25) is 0 Å². The summed E-state index contributed by atoms with van der Waals surface area (Å²) in [5.41, 5.74) is 0.943. The highest BCUT2D eigenvalue weighted by Gasteiger charge is 2.27.